The molecule has 0 aromatic heterocycles. The van der Waals surface area contributed by atoms with E-state index in [1.54, 1.807) is 12.1 Å². The predicted octanol–water partition coefficient (Wildman–Crippen LogP) is 5.03. The molecule has 21 heavy (non-hydrogen) atoms. The van der Waals surface area contributed by atoms with Gasteiger partial charge in [-0.15, -0.1) is 6.58 Å². The molecule has 3 nitrogen and oxygen atoms in total. The van der Waals surface area contributed by atoms with Gasteiger partial charge in [-0.05, 0) is 30.9 Å². The number of aryl methyl sites for hydroxylation is 1. The third-order valence-electron chi connectivity index (χ3n) is 3.46. The molecular weight excluding hydrogens is 262 g/mol. The molecule has 1 aromatic rings. The van der Waals surface area contributed by atoms with E-state index in [2.05, 4.69) is 6.58 Å². The lowest BCUT2D eigenvalue weighted by atomic mass is 10.0. The van der Waals surface area contributed by atoms with Crippen LogP contribution in [0.5, 0.6) is 5.75 Å². The van der Waals surface area contributed by atoms with Gasteiger partial charge in [-0.2, -0.15) is 0 Å². The normalized spacial score (nSPS) is 10.1. The van der Waals surface area contributed by atoms with Gasteiger partial charge in [0.1, 0.15) is 5.75 Å². The summed E-state index contributed by atoms with van der Waals surface area (Å²) in [6, 6.07) is 7.64. The van der Waals surface area contributed by atoms with Crippen LogP contribution in [0.4, 0.5) is 0 Å². The van der Waals surface area contributed by atoms with Crippen molar-refractivity contribution < 1.29 is 9.84 Å². The molecule has 0 aliphatic heterocycles. The smallest absolute Gasteiger partial charge is 0.118 e. The molecule has 3 heteroatoms. The number of benzene rings is 1. The summed E-state index contributed by atoms with van der Waals surface area (Å²) >= 11 is 0. The number of rotatable bonds is 12. The third-order valence-corrected chi connectivity index (χ3v) is 3.46. The maximum Gasteiger partial charge on any atom is 0.118 e. The molecule has 0 saturated carbocycles. The maximum atomic E-state index is 9.65. The van der Waals surface area contributed by atoms with Crippen molar-refractivity contribution in [3.63, 3.8) is 0 Å². The lowest BCUT2D eigenvalue weighted by molar-refractivity contribution is 0.157. The molecule has 0 bridgehead atoms. The highest BCUT2D eigenvalue weighted by molar-refractivity contribution is 5.31. The number of unbranched alkanes of at least 4 members (excludes halogenated alkanes) is 6. The van der Waals surface area contributed by atoms with Crippen molar-refractivity contribution in [3.05, 3.63) is 42.5 Å². The van der Waals surface area contributed by atoms with Gasteiger partial charge in [0.15, 0.2) is 0 Å². The van der Waals surface area contributed by atoms with Gasteiger partial charge in [0.2, 0.25) is 0 Å². The fraction of sp³-hybridized carbons (Fsp3) is 0.556. The Kier molecular flexibility index (Phi) is 12.8. The van der Waals surface area contributed by atoms with Crippen molar-refractivity contribution in [1.29, 1.82) is 0 Å². The molecule has 0 aliphatic carbocycles. The van der Waals surface area contributed by atoms with Crippen molar-refractivity contribution in [2.24, 2.45) is 0 Å². The van der Waals surface area contributed by atoms with Gasteiger partial charge in [-0.1, -0.05) is 56.4 Å². The van der Waals surface area contributed by atoms with E-state index in [0.717, 1.165) is 25.0 Å². The first kappa shape index (κ1) is 19.7. The molecular formula is C18H31NO2. The minimum absolute atomic E-state index is 0. The minimum atomic E-state index is 0. The van der Waals surface area contributed by atoms with E-state index in [1.165, 1.54) is 38.5 Å². The largest absolute Gasteiger partial charge is 0.508 e. The number of hydrogen-bond acceptors (Lipinski definition) is 3. The molecule has 1 rings (SSSR count). The average Bonchev–Trinajstić information content (AvgIpc) is 2.46. The van der Waals surface area contributed by atoms with Crippen LogP contribution in [0.2, 0.25) is 0 Å². The van der Waals surface area contributed by atoms with E-state index < -0.39 is 0 Å². The Morgan fingerprint density at radius 1 is 0.952 bits per heavy atom. The lowest BCUT2D eigenvalue weighted by Gasteiger charge is -2.04. The van der Waals surface area contributed by atoms with Crippen molar-refractivity contribution in [1.82, 2.24) is 6.15 Å². The molecule has 0 unspecified atom stereocenters. The van der Waals surface area contributed by atoms with E-state index in [9.17, 15) is 5.11 Å². The Labute approximate surface area is 129 Å². The van der Waals surface area contributed by atoms with Crippen LogP contribution in [0.3, 0.4) is 0 Å². The van der Waals surface area contributed by atoms with E-state index in [4.69, 9.17) is 4.74 Å². The maximum absolute atomic E-state index is 9.65. The van der Waals surface area contributed by atoms with Crippen LogP contribution >= 0.6 is 0 Å². The van der Waals surface area contributed by atoms with Crippen LogP contribution in [-0.2, 0) is 11.2 Å². The van der Waals surface area contributed by atoms with Gasteiger partial charge >= 0.3 is 0 Å². The summed E-state index contributed by atoms with van der Waals surface area (Å²) in [5.41, 5.74) is 1.08. The highest BCUT2D eigenvalue weighted by Crippen LogP contribution is 2.18. The average molecular weight is 293 g/mol. The van der Waals surface area contributed by atoms with Gasteiger partial charge < -0.3 is 16.0 Å². The van der Waals surface area contributed by atoms with E-state index in [-0.39, 0.29) is 6.15 Å². The zero-order chi connectivity index (χ0) is 14.5. The Bertz CT molecular complexity index is 366. The van der Waals surface area contributed by atoms with E-state index in [1.807, 2.05) is 18.2 Å². The van der Waals surface area contributed by atoms with Crippen molar-refractivity contribution in [2.45, 2.75) is 51.4 Å². The lowest BCUT2D eigenvalue weighted by Crippen LogP contribution is -1.93. The topological polar surface area (TPSA) is 64.5 Å². The number of para-hydroxylation sites is 1. The number of hydrogen-bond donors (Lipinski definition) is 2. The van der Waals surface area contributed by atoms with Crippen molar-refractivity contribution in [3.8, 4) is 5.75 Å². The van der Waals surface area contributed by atoms with Crippen molar-refractivity contribution >= 4 is 0 Å². The first-order valence-corrected chi connectivity index (χ1v) is 7.80. The second kappa shape index (κ2) is 13.7. The Morgan fingerprint density at radius 3 is 2.24 bits per heavy atom. The summed E-state index contributed by atoms with van der Waals surface area (Å²) in [5, 5.41) is 9.65. The van der Waals surface area contributed by atoms with Gasteiger partial charge in [-0.25, -0.2) is 0 Å². The van der Waals surface area contributed by atoms with Crippen LogP contribution in [0.15, 0.2) is 36.9 Å². The summed E-state index contributed by atoms with van der Waals surface area (Å²) in [5.74, 6) is 0.437. The monoisotopic (exact) mass is 293 g/mol. The van der Waals surface area contributed by atoms with Crippen LogP contribution in [-0.4, -0.2) is 18.3 Å². The molecule has 0 saturated heterocycles. The first-order chi connectivity index (χ1) is 9.84. The van der Waals surface area contributed by atoms with E-state index in [0.29, 0.717) is 12.4 Å². The number of aromatic hydroxyl groups is 1. The van der Waals surface area contributed by atoms with E-state index >= 15 is 0 Å². The van der Waals surface area contributed by atoms with Crippen LogP contribution < -0.4 is 6.15 Å². The van der Waals surface area contributed by atoms with Gasteiger partial charge in [0, 0.05) is 6.61 Å². The molecule has 0 radical (unpaired) electrons. The number of ether oxygens (including phenoxy) is 1. The second-order valence-corrected chi connectivity index (χ2v) is 5.22. The van der Waals surface area contributed by atoms with Crippen LogP contribution in [0.25, 0.3) is 0 Å². The highest BCUT2D eigenvalue weighted by Gasteiger charge is 1.99. The Hall–Kier alpha value is -1.32. The Balaban J connectivity index is 0.00000400. The zero-order valence-corrected chi connectivity index (χ0v) is 13.2. The Morgan fingerprint density at radius 2 is 1.57 bits per heavy atom. The molecule has 0 spiro atoms. The summed E-state index contributed by atoms with van der Waals surface area (Å²) in [4.78, 5) is 0. The van der Waals surface area contributed by atoms with Crippen LogP contribution in [0.1, 0.15) is 50.5 Å². The third kappa shape index (κ3) is 10.1. The first-order valence-electron chi connectivity index (χ1n) is 7.80. The SMILES string of the molecule is C=CCOCCCCCCCCCc1ccccc1O.N. The fourth-order valence-electron chi connectivity index (χ4n) is 2.29. The zero-order valence-electron chi connectivity index (χ0n) is 13.2. The van der Waals surface area contributed by atoms with Crippen molar-refractivity contribution in [2.75, 3.05) is 13.2 Å². The molecule has 0 heterocycles. The minimum Gasteiger partial charge on any atom is -0.508 e. The molecule has 0 fully saturated rings. The van der Waals surface area contributed by atoms with Gasteiger partial charge in [0.05, 0.1) is 6.61 Å². The summed E-state index contributed by atoms with van der Waals surface area (Å²) < 4.78 is 5.35. The fourth-order valence-corrected chi connectivity index (χ4v) is 2.29. The quantitative estimate of drug-likeness (QED) is 0.419. The molecule has 120 valence electrons. The molecule has 0 atom stereocenters. The van der Waals surface area contributed by atoms with Crippen LogP contribution in [0, 0.1) is 0 Å². The van der Waals surface area contributed by atoms with Gasteiger partial charge in [0.25, 0.3) is 0 Å². The number of phenolic OH excluding ortho intramolecular Hbond substituents is 1. The summed E-state index contributed by atoms with van der Waals surface area (Å²) in [7, 11) is 0. The summed E-state index contributed by atoms with van der Waals surface area (Å²) in [6.07, 6.45) is 11.5. The highest BCUT2D eigenvalue weighted by atomic mass is 16.5. The molecule has 0 amide bonds. The standard InChI is InChI=1S/C18H28O2.H3N/c1-2-15-20-16-11-7-5-3-4-6-8-12-17-13-9-10-14-18(17)19;/h2,9-10,13-14,19H,1,3-8,11-12,15-16H2;1H3. The number of phenols is 1. The predicted molar refractivity (Wildman–Crippen MR) is 90.2 cm³/mol. The second-order valence-electron chi connectivity index (χ2n) is 5.22. The molecule has 0 aliphatic rings. The molecule has 4 N–H and O–H groups in total. The summed E-state index contributed by atoms with van der Waals surface area (Å²) in [6.45, 7) is 5.16. The van der Waals surface area contributed by atoms with Gasteiger partial charge in [-0.3, -0.25) is 0 Å². The molecule has 1 aromatic carbocycles.